The maximum absolute atomic E-state index is 10.1. The van der Waals surface area contributed by atoms with Crippen molar-refractivity contribution in [2.24, 2.45) is 5.73 Å². The Morgan fingerprint density at radius 2 is 2.33 bits per heavy atom. The van der Waals surface area contributed by atoms with Gasteiger partial charge in [-0.05, 0) is 12.2 Å². The molecule has 9 heavy (non-hydrogen) atoms. The fraction of sp³-hybridized carbons (Fsp3) is 0.500. The Labute approximate surface area is 58.8 Å². The summed E-state index contributed by atoms with van der Waals surface area (Å²) in [4.78, 5) is 10.1. The molecule has 1 amide bonds. The molecule has 0 radical (unpaired) electrons. The summed E-state index contributed by atoms with van der Waals surface area (Å²) in [6.07, 6.45) is 0. The molecule has 0 atom stereocenters. The van der Waals surface area contributed by atoms with E-state index in [1.807, 2.05) is 0 Å². The van der Waals surface area contributed by atoms with Crippen LogP contribution in [0.4, 0.5) is 0 Å². The van der Waals surface area contributed by atoms with Gasteiger partial charge in [-0.15, -0.1) is 0 Å². The molecule has 4 nitrogen and oxygen atoms in total. The van der Waals surface area contributed by atoms with Gasteiger partial charge in [0.2, 0.25) is 5.91 Å². The third-order valence-corrected chi connectivity index (χ3v) is 0.999. The molecule has 4 N–H and O–H groups in total. The van der Waals surface area contributed by atoms with Gasteiger partial charge in [0.05, 0.1) is 6.54 Å². The van der Waals surface area contributed by atoms with Crippen LogP contribution in [-0.2, 0) is 4.79 Å². The smallest absolute Gasteiger partial charge is 0.236 e. The van der Waals surface area contributed by atoms with Crippen molar-refractivity contribution < 1.29 is 4.79 Å². The average Bonchev–Trinajstić information content (AvgIpc) is 1.83. The molecular formula is C4H9N3OS. The van der Waals surface area contributed by atoms with Crippen molar-refractivity contribution in [3.8, 4) is 0 Å². The summed E-state index contributed by atoms with van der Waals surface area (Å²) in [7, 11) is 1.66. The van der Waals surface area contributed by atoms with E-state index < -0.39 is 5.91 Å². The van der Waals surface area contributed by atoms with Crippen LogP contribution in [0.25, 0.3) is 0 Å². The van der Waals surface area contributed by atoms with Gasteiger partial charge >= 0.3 is 0 Å². The number of hydrogen-bond donors (Lipinski definition) is 3. The van der Waals surface area contributed by atoms with Crippen molar-refractivity contribution in [1.82, 2.24) is 10.6 Å². The summed E-state index contributed by atoms with van der Waals surface area (Å²) in [5.41, 5.74) is 4.81. The Bertz CT molecular complexity index is 125. The van der Waals surface area contributed by atoms with E-state index in [9.17, 15) is 4.79 Å². The molecule has 0 rings (SSSR count). The van der Waals surface area contributed by atoms with E-state index in [4.69, 9.17) is 5.73 Å². The third kappa shape index (κ3) is 5.02. The molecule has 0 aromatic heterocycles. The van der Waals surface area contributed by atoms with Crippen LogP contribution in [0.5, 0.6) is 0 Å². The van der Waals surface area contributed by atoms with Gasteiger partial charge in [-0.2, -0.15) is 0 Å². The highest BCUT2D eigenvalue weighted by molar-refractivity contribution is 7.80. The predicted octanol–water partition coefficient (Wildman–Crippen LogP) is -1.43. The van der Waals surface area contributed by atoms with E-state index in [1.54, 1.807) is 7.05 Å². The van der Waals surface area contributed by atoms with Gasteiger partial charge in [-0.3, -0.25) is 4.79 Å². The molecular weight excluding hydrogens is 138 g/mol. The lowest BCUT2D eigenvalue weighted by molar-refractivity contribution is -0.116. The lowest BCUT2D eigenvalue weighted by Crippen LogP contribution is -2.38. The second kappa shape index (κ2) is 4.08. The van der Waals surface area contributed by atoms with Crippen LogP contribution >= 0.6 is 12.2 Å². The second-order valence-electron chi connectivity index (χ2n) is 1.40. The lowest BCUT2D eigenvalue weighted by atomic mass is 10.6. The second-order valence-corrected chi connectivity index (χ2v) is 1.81. The molecule has 0 aliphatic rings. The summed E-state index contributed by atoms with van der Waals surface area (Å²) in [5, 5.41) is 5.64. The van der Waals surface area contributed by atoms with Crippen molar-refractivity contribution in [1.29, 1.82) is 0 Å². The first-order valence-corrected chi connectivity index (χ1v) is 2.81. The van der Waals surface area contributed by atoms with Crippen molar-refractivity contribution in [3.05, 3.63) is 0 Å². The van der Waals surface area contributed by atoms with Gasteiger partial charge in [-0.25, -0.2) is 0 Å². The van der Waals surface area contributed by atoms with E-state index in [-0.39, 0.29) is 6.54 Å². The maximum Gasteiger partial charge on any atom is 0.236 e. The molecule has 0 aliphatic heterocycles. The highest BCUT2D eigenvalue weighted by atomic mass is 32.1. The van der Waals surface area contributed by atoms with Gasteiger partial charge in [0.15, 0.2) is 5.11 Å². The summed E-state index contributed by atoms with van der Waals surface area (Å²) in [5.74, 6) is -0.424. The average molecular weight is 147 g/mol. The molecule has 0 spiro atoms. The van der Waals surface area contributed by atoms with Gasteiger partial charge in [0, 0.05) is 7.05 Å². The summed E-state index contributed by atoms with van der Waals surface area (Å²) in [6.45, 7) is 0.0830. The van der Waals surface area contributed by atoms with E-state index in [0.717, 1.165) is 0 Å². The minimum atomic E-state index is -0.424. The number of nitrogens with one attached hydrogen (secondary N) is 2. The number of nitrogens with two attached hydrogens (primary N) is 1. The zero-order valence-electron chi connectivity index (χ0n) is 5.10. The number of thiocarbonyl (C=S) groups is 1. The Balaban J connectivity index is 3.28. The fourth-order valence-corrected chi connectivity index (χ4v) is 0.328. The molecule has 0 fully saturated rings. The number of carbonyl (C=O) groups excluding carboxylic acids is 1. The van der Waals surface area contributed by atoms with Crippen LogP contribution in [0.1, 0.15) is 0 Å². The number of amides is 1. The molecule has 0 aromatic carbocycles. The fourth-order valence-electron chi connectivity index (χ4n) is 0.256. The number of hydrogen-bond acceptors (Lipinski definition) is 2. The zero-order valence-corrected chi connectivity index (χ0v) is 5.92. The standard InChI is InChI=1S/C4H9N3OS/c1-6-4(9)7-2-3(5)8/h2H2,1H3,(H2,5,8)(H2,6,7,9). The van der Waals surface area contributed by atoms with Crippen molar-refractivity contribution in [2.75, 3.05) is 13.6 Å². The van der Waals surface area contributed by atoms with Gasteiger partial charge < -0.3 is 16.4 Å². The Morgan fingerprint density at radius 3 is 2.67 bits per heavy atom. The summed E-state index contributed by atoms with van der Waals surface area (Å²) < 4.78 is 0. The predicted molar refractivity (Wildman–Crippen MR) is 38.9 cm³/mol. The number of primary amides is 1. The summed E-state index contributed by atoms with van der Waals surface area (Å²) >= 11 is 4.64. The Kier molecular flexibility index (Phi) is 3.70. The molecule has 0 aromatic rings. The molecule has 5 heteroatoms. The van der Waals surface area contributed by atoms with Gasteiger partial charge in [-0.1, -0.05) is 0 Å². The van der Waals surface area contributed by atoms with Gasteiger partial charge in [0.1, 0.15) is 0 Å². The first kappa shape index (κ1) is 8.16. The normalized spacial score (nSPS) is 8.11. The van der Waals surface area contributed by atoms with Crippen LogP contribution in [0.15, 0.2) is 0 Å². The van der Waals surface area contributed by atoms with Crippen molar-refractivity contribution >= 4 is 23.2 Å². The van der Waals surface area contributed by atoms with E-state index in [2.05, 4.69) is 22.9 Å². The molecule has 0 heterocycles. The zero-order chi connectivity index (χ0) is 7.28. The van der Waals surface area contributed by atoms with Crippen molar-refractivity contribution in [2.45, 2.75) is 0 Å². The van der Waals surface area contributed by atoms with Crippen LogP contribution in [0, 0.1) is 0 Å². The SMILES string of the molecule is CNC(=S)NCC(N)=O. The first-order chi connectivity index (χ1) is 4.16. The maximum atomic E-state index is 10.1. The molecule has 0 saturated heterocycles. The topological polar surface area (TPSA) is 67.2 Å². The minimum Gasteiger partial charge on any atom is -0.368 e. The van der Waals surface area contributed by atoms with E-state index >= 15 is 0 Å². The van der Waals surface area contributed by atoms with Gasteiger partial charge in [0.25, 0.3) is 0 Å². The van der Waals surface area contributed by atoms with E-state index in [0.29, 0.717) is 5.11 Å². The Hall–Kier alpha value is -0.840. The highest BCUT2D eigenvalue weighted by Gasteiger charge is 1.92. The lowest BCUT2D eigenvalue weighted by Gasteiger charge is -2.02. The third-order valence-electron chi connectivity index (χ3n) is 0.650. The minimum absolute atomic E-state index is 0.0830. The highest BCUT2D eigenvalue weighted by Crippen LogP contribution is 1.60. The number of carbonyl (C=O) groups is 1. The molecule has 0 aliphatic carbocycles. The van der Waals surface area contributed by atoms with Crippen LogP contribution < -0.4 is 16.4 Å². The largest absolute Gasteiger partial charge is 0.368 e. The van der Waals surface area contributed by atoms with Crippen LogP contribution in [-0.4, -0.2) is 24.6 Å². The number of rotatable bonds is 2. The Morgan fingerprint density at radius 1 is 1.78 bits per heavy atom. The first-order valence-electron chi connectivity index (χ1n) is 2.40. The van der Waals surface area contributed by atoms with Crippen LogP contribution in [0.3, 0.4) is 0 Å². The molecule has 0 saturated carbocycles. The quantitative estimate of drug-likeness (QED) is 0.419. The van der Waals surface area contributed by atoms with Crippen molar-refractivity contribution in [3.63, 3.8) is 0 Å². The molecule has 52 valence electrons. The monoisotopic (exact) mass is 147 g/mol. The summed E-state index contributed by atoms with van der Waals surface area (Å²) in [6, 6.07) is 0. The molecule has 0 bridgehead atoms. The van der Waals surface area contributed by atoms with E-state index in [1.165, 1.54) is 0 Å². The molecule has 0 unspecified atom stereocenters. The van der Waals surface area contributed by atoms with Crippen LogP contribution in [0.2, 0.25) is 0 Å².